The maximum absolute atomic E-state index is 12.6. The second-order valence-electron chi connectivity index (χ2n) is 7.85. The minimum Gasteiger partial charge on any atom is -0.486 e. The van der Waals surface area contributed by atoms with Gasteiger partial charge in [0.2, 0.25) is 0 Å². The molecule has 1 aromatic heterocycles. The number of rotatable bonds is 8. The van der Waals surface area contributed by atoms with Crippen LogP contribution in [-0.2, 0) is 16.0 Å². The monoisotopic (exact) mass is 403 g/mol. The van der Waals surface area contributed by atoms with E-state index in [2.05, 4.69) is 4.98 Å². The third-order valence-corrected chi connectivity index (χ3v) is 6.45. The van der Waals surface area contributed by atoms with E-state index in [0.29, 0.717) is 28.6 Å². The van der Waals surface area contributed by atoms with E-state index in [0.717, 1.165) is 24.8 Å². The molecule has 1 heterocycles. The van der Waals surface area contributed by atoms with E-state index in [1.165, 1.54) is 0 Å². The van der Waals surface area contributed by atoms with Crippen LogP contribution in [0.25, 0.3) is 0 Å². The molecule has 3 fully saturated rings. The van der Waals surface area contributed by atoms with Crippen LogP contribution < -0.4 is 4.74 Å². The minimum absolute atomic E-state index is 0.00594. The van der Waals surface area contributed by atoms with Crippen molar-refractivity contribution < 1.29 is 14.3 Å². The lowest BCUT2D eigenvalue weighted by Crippen LogP contribution is -2.66. The number of Topliss-reactive ketones (excluding diaryl/α,β-unsaturated/α-hetero) is 2. The number of nitrogens with zero attached hydrogens (tertiary/aromatic N) is 1. The zero-order chi connectivity index (χ0) is 19.1. The lowest BCUT2D eigenvalue weighted by molar-refractivity contribution is -0.207. The Bertz CT molecular complexity index is 878. The van der Waals surface area contributed by atoms with E-state index in [1.807, 2.05) is 12.1 Å². The quantitative estimate of drug-likeness (QED) is 0.640. The third-order valence-electron chi connectivity index (χ3n) is 5.71. The van der Waals surface area contributed by atoms with Crippen LogP contribution in [-0.4, -0.2) is 23.2 Å². The average molecular weight is 404 g/mol. The summed E-state index contributed by atoms with van der Waals surface area (Å²) in [4.78, 5) is 28.9. The molecule has 0 saturated heterocycles. The summed E-state index contributed by atoms with van der Waals surface area (Å²) in [5.41, 5.74) is 0.806. The van der Waals surface area contributed by atoms with Gasteiger partial charge in [-0.25, -0.2) is 0 Å². The molecule has 4 nitrogen and oxygen atoms in total. The Morgan fingerprint density at radius 3 is 2.41 bits per heavy atom. The summed E-state index contributed by atoms with van der Waals surface area (Å²) in [7, 11) is 0. The molecule has 3 saturated carbocycles. The standard InChI is InChI=1S/C21H19Cl2NO3/c22-17-2-1-16(8-18(17)23)27-10-15(25)9-20-11-21(12-20,13-20)19(26)7-14-3-5-24-6-4-14/h1-6,8H,7,9-13H2. The maximum Gasteiger partial charge on any atom is 0.170 e. The van der Waals surface area contributed by atoms with Gasteiger partial charge in [0.1, 0.15) is 18.1 Å². The number of hydrogen-bond donors (Lipinski definition) is 0. The Hall–Kier alpha value is -1.91. The Morgan fingerprint density at radius 1 is 1.04 bits per heavy atom. The summed E-state index contributed by atoms with van der Waals surface area (Å²) in [5.74, 6) is 0.866. The molecule has 3 aliphatic carbocycles. The molecular formula is C21H19Cl2NO3. The molecule has 0 radical (unpaired) electrons. The molecule has 0 amide bonds. The van der Waals surface area contributed by atoms with E-state index in [4.69, 9.17) is 27.9 Å². The summed E-state index contributed by atoms with van der Waals surface area (Å²) in [6.07, 6.45) is 6.80. The van der Waals surface area contributed by atoms with E-state index < -0.39 is 0 Å². The smallest absolute Gasteiger partial charge is 0.170 e. The molecule has 27 heavy (non-hydrogen) atoms. The third kappa shape index (κ3) is 3.61. The van der Waals surface area contributed by atoms with Crippen LogP contribution in [0, 0.1) is 10.8 Å². The molecule has 0 unspecified atom stereocenters. The van der Waals surface area contributed by atoms with Gasteiger partial charge in [0.05, 0.1) is 10.0 Å². The number of pyridine rings is 1. The molecule has 2 aromatic rings. The molecular weight excluding hydrogens is 385 g/mol. The van der Waals surface area contributed by atoms with Crippen molar-refractivity contribution in [1.29, 1.82) is 0 Å². The summed E-state index contributed by atoms with van der Waals surface area (Å²) in [5, 5.41) is 0.849. The summed E-state index contributed by atoms with van der Waals surface area (Å²) in [6.45, 7) is 0.0116. The number of carbonyl (C=O) groups is 2. The summed E-state index contributed by atoms with van der Waals surface area (Å²) in [6, 6.07) is 8.69. The molecule has 3 aliphatic rings. The second-order valence-corrected chi connectivity index (χ2v) is 8.66. The van der Waals surface area contributed by atoms with Crippen molar-refractivity contribution in [3.8, 4) is 5.75 Å². The van der Waals surface area contributed by atoms with Crippen molar-refractivity contribution in [1.82, 2.24) is 4.98 Å². The zero-order valence-corrected chi connectivity index (χ0v) is 16.2. The Kier molecular flexibility index (Phi) is 4.73. The highest BCUT2D eigenvalue weighted by Crippen LogP contribution is 2.75. The molecule has 5 rings (SSSR count). The molecule has 6 heteroatoms. The topological polar surface area (TPSA) is 56.3 Å². The predicted molar refractivity (Wildman–Crippen MR) is 103 cm³/mol. The largest absolute Gasteiger partial charge is 0.486 e. The van der Waals surface area contributed by atoms with Gasteiger partial charge in [-0.2, -0.15) is 0 Å². The van der Waals surface area contributed by atoms with Gasteiger partial charge in [0.15, 0.2) is 5.78 Å². The van der Waals surface area contributed by atoms with Crippen LogP contribution in [0.2, 0.25) is 10.0 Å². The van der Waals surface area contributed by atoms with E-state index in [9.17, 15) is 9.59 Å². The highest BCUT2D eigenvalue weighted by atomic mass is 35.5. The van der Waals surface area contributed by atoms with E-state index >= 15 is 0 Å². The second kappa shape index (κ2) is 6.92. The van der Waals surface area contributed by atoms with Gasteiger partial charge in [-0.3, -0.25) is 14.6 Å². The van der Waals surface area contributed by atoms with Gasteiger partial charge in [0, 0.05) is 36.7 Å². The van der Waals surface area contributed by atoms with Crippen LogP contribution in [0.15, 0.2) is 42.7 Å². The first-order valence-electron chi connectivity index (χ1n) is 8.92. The van der Waals surface area contributed by atoms with Gasteiger partial charge < -0.3 is 4.74 Å². The van der Waals surface area contributed by atoms with Crippen molar-refractivity contribution in [3.05, 3.63) is 58.3 Å². The van der Waals surface area contributed by atoms with Crippen molar-refractivity contribution in [3.63, 3.8) is 0 Å². The fraction of sp³-hybridized carbons (Fsp3) is 0.381. The number of halogens is 2. The van der Waals surface area contributed by atoms with Crippen LogP contribution in [0.1, 0.15) is 31.2 Å². The first kappa shape index (κ1) is 18.5. The first-order chi connectivity index (χ1) is 12.9. The summed E-state index contributed by atoms with van der Waals surface area (Å²) >= 11 is 11.8. The zero-order valence-electron chi connectivity index (χ0n) is 14.7. The van der Waals surface area contributed by atoms with Crippen molar-refractivity contribution >= 4 is 34.8 Å². The predicted octanol–water partition coefficient (Wildman–Crippen LogP) is 4.71. The molecule has 0 aliphatic heterocycles. The molecule has 1 aromatic carbocycles. The Balaban J connectivity index is 1.25. The average Bonchev–Trinajstić information content (AvgIpc) is 2.58. The number of benzene rings is 1. The molecule has 0 atom stereocenters. The molecule has 0 N–H and O–H groups in total. The van der Waals surface area contributed by atoms with Crippen LogP contribution >= 0.6 is 23.2 Å². The van der Waals surface area contributed by atoms with E-state index in [-0.39, 0.29) is 29.0 Å². The number of ether oxygens (including phenoxy) is 1. The molecule has 2 bridgehead atoms. The molecule has 0 spiro atoms. The van der Waals surface area contributed by atoms with Gasteiger partial charge in [-0.1, -0.05) is 23.2 Å². The van der Waals surface area contributed by atoms with Crippen LogP contribution in [0.5, 0.6) is 5.75 Å². The lowest BCUT2D eigenvalue weighted by Gasteiger charge is -2.70. The lowest BCUT2D eigenvalue weighted by atomic mass is 9.33. The van der Waals surface area contributed by atoms with Gasteiger partial charge in [-0.05, 0) is 54.5 Å². The Labute approximate surface area is 167 Å². The van der Waals surface area contributed by atoms with E-state index in [1.54, 1.807) is 30.6 Å². The van der Waals surface area contributed by atoms with Crippen LogP contribution in [0.4, 0.5) is 0 Å². The first-order valence-corrected chi connectivity index (χ1v) is 9.67. The normalized spacial score (nSPS) is 25.3. The van der Waals surface area contributed by atoms with Gasteiger partial charge >= 0.3 is 0 Å². The number of hydrogen-bond acceptors (Lipinski definition) is 4. The Morgan fingerprint density at radius 2 is 1.74 bits per heavy atom. The number of aromatic nitrogens is 1. The fourth-order valence-corrected chi connectivity index (χ4v) is 4.84. The number of ketones is 2. The van der Waals surface area contributed by atoms with Crippen LogP contribution in [0.3, 0.4) is 0 Å². The fourth-order valence-electron chi connectivity index (χ4n) is 4.55. The number of carbonyl (C=O) groups excluding carboxylic acids is 2. The van der Waals surface area contributed by atoms with Crippen molar-refractivity contribution in [2.24, 2.45) is 10.8 Å². The summed E-state index contributed by atoms with van der Waals surface area (Å²) < 4.78 is 5.52. The van der Waals surface area contributed by atoms with Crippen molar-refractivity contribution in [2.75, 3.05) is 6.61 Å². The maximum atomic E-state index is 12.6. The van der Waals surface area contributed by atoms with Gasteiger partial charge in [0.25, 0.3) is 0 Å². The molecule has 140 valence electrons. The highest BCUT2D eigenvalue weighted by molar-refractivity contribution is 6.42. The van der Waals surface area contributed by atoms with Gasteiger partial charge in [-0.15, -0.1) is 0 Å². The SMILES string of the molecule is O=C(COc1ccc(Cl)c(Cl)c1)CC12CC(C(=O)Cc3ccncc3)(C1)C2. The van der Waals surface area contributed by atoms with Crippen molar-refractivity contribution in [2.45, 2.75) is 32.1 Å². The highest BCUT2D eigenvalue weighted by Gasteiger charge is 2.70. The minimum atomic E-state index is -0.200.